The van der Waals surface area contributed by atoms with Gasteiger partial charge in [0.2, 0.25) is 0 Å². The van der Waals surface area contributed by atoms with E-state index in [1.165, 1.54) is 0 Å². The molecule has 236 valence electrons. The smallest absolute Gasteiger partial charge is 0.174 e. The molecular formula is C40H36O5P2. The van der Waals surface area contributed by atoms with Crippen LogP contribution in [0, 0.1) is 0 Å². The molecule has 1 aliphatic heterocycles. The fraction of sp³-hybridized carbons (Fsp3) is 0.150. The summed E-state index contributed by atoms with van der Waals surface area (Å²) in [5, 5.41) is 2.28. The van der Waals surface area contributed by atoms with Crippen LogP contribution in [0.2, 0.25) is 0 Å². The van der Waals surface area contributed by atoms with Crippen molar-refractivity contribution in [2.45, 2.75) is 11.6 Å². The number of para-hydroxylation sites is 2. The molecule has 47 heavy (non-hydrogen) atoms. The van der Waals surface area contributed by atoms with Crippen LogP contribution in [0.3, 0.4) is 0 Å². The summed E-state index contributed by atoms with van der Waals surface area (Å²) < 4.78 is 51.0. The molecule has 2 aliphatic carbocycles. The fourth-order valence-electron chi connectivity index (χ4n) is 6.70. The lowest BCUT2D eigenvalue weighted by atomic mass is 9.89. The summed E-state index contributed by atoms with van der Waals surface area (Å²) in [6, 6.07) is 34.5. The molecule has 0 saturated heterocycles. The van der Waals surface area contributed by atoms with E-state index in [1.807, 2.05) is 146 Å². The molecule has 5 nitrogen and oxygen atoms in total. The van der Waals surface area contributed by atoms with Crippen molar-refractivity contribution in [2.75, 3.05) is 26.4 Å². The minimum atomic E-state index is -3.58. The molecular weight excluding hydrogens is 622 g/mol. The van der Waals surface area contributed by atoms with Crippen molar-refractivity contribution in [1.29, 1.82) is 0 Å². The minimum absolute atomic E-state index is 0.280. The van der Waals surface area contributed by atoms with E-state index in [-0.39, 0.29) is 13.2 Å². The predicted octanol–water partition coefficient (Wildman–Crippen LogP) is 7.44. The second kappa shape index (κ2) is 13.4. The maximum Gasteiger partial charge on any atom is 0.174 e. The minimum Gasteiger partial charge on any atom is -0.490 e. The molecule has 7 heteroatoms. The summed E-state index contributed by atoms with van der Waals surface area (Å²) in [6.07, 6.45) is 16.4. The Labute approximate surface area is 276 Å². The van der Waals surface area contributed by atoms with Gasteiger partial charge in [0, 0.05) is 15.9 Å². The highest BCUT2D eigenvalue weighted by atomic mass is 31.2. The Morgan fingerprint density at radius 2 is 1.19 bits per heavy atom. The predicted molar refractivity (Wildman–Crippen MR) is 192 cm³/mol. The van der Waals surface area contributed by atoms with E-state index in [9.17, 15) is 0 Å². The van der Waals surface area contributed by atoms with Crippen molar-refractivity contribution in [2.24, 2.45) is 0 Å². The van der Waals surface area contributed by atoms with Gasteiger partial charge < -0.3 is 23.3 Å². The van der Waals surface area contributed by atoms with E-state index < -0.39 is 19.4 Å². The lowest BCUT2D eigenvalue weighted by Crippen LogP contribution is -2.39. The zero-order valence-corrected chi connectivity index (χ0v) is 27.8. The zero-order chi connectivity index (χ0) is 32.2. The van der Waals surface area contributed by atoms with Crippen LogP contribution in [0.5, 0.6) is 11.5 Å². The van der Waals surface area contributed by atoms with Crippen LogP contribution >= 0.6 is 14.3 Å². The third-order valence-electron chi connectivity index (χ3n) is 8.94. The van der Waals surface area contributed by atoms with Crippen LogP contribution in [0.25, 0.3) is 0 Å². The number of fused-ring (bicyclic) bond motifs is 3. The molecule has 4 aromatic carbocycles. The molecule has 3 atom stereocenters. The molecule has 0 saturated carbocycles. The van der Waals surface area contributed by atoms with Crippen LogP contribution in [0.1, 0.15) is 6.42 Å². The Morgan fingerprint density at radius 3 is 1.89 bits per heavy atom. The van der Waals surface area contributed by atoms with Crippen molar-refractivity contribution >= 4 is 35.5 Å². The highest BCUT2D eigenvalue weighted by Crippen LogP contribution is 2.65. The second-order valence-corrected chi connectivity index (χ2v) is 17.3. The van der Waals surface area contributed by atoms with Gasteiger partial charge in [-0.15, -0.1) is 0 Å². The average Bonchev–Trinajstić information content (AvgIpc) is 3.12. The van der Waals surface area contributed by atoms with Crippen molar-refractivity contribution < 1.29 is 23.3 Å². The van der Waals surface area contributed by atoms with Gasteiger partial charge in [-0.25, -0.2) is 0 Å². The first-order valence-electron chi connectivity index (χ1n) is 15.9. The normalized spacial score (nSPS) is 28.6. The maximum absolute atomic E-state index is 16.5. The Morgan fingerprint density at radius 1 is 0.596 bits per heavy atom. The molecule has 4 aromatic rings. The summed E-state index contributed by atoms with van der Waals surface area (Å²) in [5.41, 5.74) is 0.819. The summed E-state index contributed by atoms with van der Waals surface area (Å²) >= 11 is 0. The van der Waals surface area contributed by atoms with E-state index in [0.717, 1.165) is 10.9 Å². The fourth-order valence-corrected chi connectivity index (χ4v) is 13.2. The largest absolute Gasteiger partial charge is 0.490 e. The van der Waals surface area contributed by atoms with E-state index in [2.05, 4.69) is 12.2 Å². The molecule has 0 amide bonds. The molecule has 0 aromatic heterocycles. The van der Waals surface area contributed by atoms with Gasteiger partial charge in [0.15, 0.2) is 14.3 Å². The highest BCUT2D eigenvalue weighted by molar-refractivity contribution is 7.83. The molecule has 1 heterocycles. The summed E-state index contributed by atoms with van der Waals surface area (Å²) in [7, 11) is -7.11. The van der Waals surface area contributed by atoms with Gasteiger partial charge in [0.05, 0.1) is 29.0 Å². The van der Waals surface area contributed by atoms with Crippen LogP contribution in [0.15, 0.2) is 169 Å². The van der Waals surface area contributed by atoms with Crippen molar-refractivity contribution in [3.8, 4) is 11.5 Å². The molecule has 0 spiro atoms. The van der Waals surface area contributed by atoms with Gasteiger partial charge in [-0.2, -0.15) is 0 Å². The number of hydrogen-bond acceptors (Lipinski definition) is 5. The lowest BCUT2D eigenvalue weighted by molar-refractivity contribution is 0.0769. The first-order valence-corrected chi connectivity index (χ1v) is 19.3. The van der Waals surface area contributed by atoms with Crippen LogP contribution < -0.4 is 30.7 Å². The maximum atomic E-state index is 16.5. The summed E-state index contributed by atoms with van der Waals surface area (Å²) in [5.74, 6) is 1.10. The highest BCUT2D eigenvalue weighted by Gasteiger charge is 2.52. The lowest BCUT2D eigenvalue weighted by Gasteiger charge is -2.42. The van der Waals surface area contributed by atoms with E-state index in [1.54, 1.807) is 0 Å². The Kier molecular flexibility index (Phi) is 8.88. The van der Waals surface area contributed by atoms with Crippen molar-refractivity contribution in [1.82, 2.24) is 0 Å². The van der Waals surface area contributed by atoms with Gasteiger partial charge in [-0.05, 0) is 42.3 Å². The first-order chi connectivity index (χ1) is 23.1. The summed E-state index contributed by atoms with van der Waals surface area (Å²) in [6.45, 7) is 1.21. The monoisotopic (exact) mass is 658 g/mol. The molecule has 0 fully saturated rings. The van der Waals surface area contributed by atoms with Gasteiger partial charge >= 0.3 is 0 Å². The first kappa shape index (κ1) is 31.2. The zero-order valence-electron chi connectivity index (χ0n) is 26.0. The van der Waals surface area contributed by atoms with E-state index >= 15 is 9.13 Å². The number of ether oxygens (including phenoxy) is 3. The van der Waals surface area contributed by atoms with Crippen LogP contribution in [0.4, 0.5) is 0 Å². The molecule has 3 aliphatic rings. The van der Waals surface area contributed by atoms with Crippen LogP contribution in [-0.4, -0.2) is 31.6 Å². The number of hydrogen-bond donors (Lipinski definition) is 0. The van der Waals surface area contributed by atoms with E-state index in [4.69, 9.17) is 14.2 Å². The van der Waals surface area contributed by atoms with E-state index in [0.29, 0.717) is 52.4 Å². The number of rotatable bonds is 2. The Balaban J connectivity index is 1.55. The average molecular weight is 659 g/mol. The molecule has 3 unspecified atom stereocenters. The Bertz CT molecular complexity index is 2010. The third kappa shape index (κ3) is 5.53. The van der Waals surface area contributed by atoms with Crippen LogP contribution in [-0.2, 0) is 13.9 Å². The van der Waals surface area contributed by atoms with Crippen molar-refractivity contribution in [3.63, 3.8) is 0 Å². The molecule has 7 rings (SSSR count). The topological polar surface area (TPSA) is 61.8 Å². The number of allylic oxidation sites excluding steroid dienone is 10. The molecule has 0 radical (unpaired) electrons. The third-order valence-corrected chi connectivity index (χ3v) is 15.8. The molecule has 2 bridgehead atoms. The molecule has 0 N–H and O–H groups in total. The number of benzene rings is 4. The second-order valence-electron chi connectivity index (χ2n) is 11.6. The van der Waals surface area contributed by atoms with Gasteiger partial charge in [0.1, 0.15) is 24.7 Å². The standard InChI is InChI=1S/C40H36O5P2/c41-46(33-16-3-1-4-17-33)35-20-12-14-26-40(25-13-11-15-32(40)31-35)47(42,34-18-5-2-6-19-34)39-24-10-8-22-37(39)45-30-28-43-27-29-44-36-21-7-9-23-38(36)46/h1-25,31H,26-30H2/b14-12-,32-31+,35-20-. The van der Waals surface area contributed by atoms with Gasteiger partial charge in [0.25, 0.3) is 0 Å². The van der Waals surface area contributed by atoms with Gasteiger partial charge in [-0.1, -0.05) is 127 Å². The van der Waals surface area contributed by atoms with Crippen molar-refractivity contribution in [3.05, 3.63) is 169 Å². The SMILES string of the molecule is O=P1(c2ccccc2)C2=C\C=C/CC3(C=CC=C/C3=C\2)P(=O)(c2ccccc2)c2ccccc2OCCOCCOc2ccccc21. The Hall–Kier alpha value is -4.40. The summed E-state index contributed by atoms with van der Waals surface area (Å²) in [4.78, 5) is 0. The van der Waals surface area contributed by atoms with Gasteiger partial charge in [-0.3, -0.25) is 0 Å². The quantitative estimate of drug-likeness (QED) is 0.210.